The fraction of sp³-hybridized carbons (Fsp3) is 0.339. The zero-order valence-corrected chi connectivity index (χ0v) is 51.9. The number of carbonyl (C=O) groups excluding carboxylic acids is 6. The molecular formula is C56H55N13O12S6. The molecule has 1 aromatic carbocycles. The van der Waals surface area contributed by atoms with Crippen LogP contribution in [-0.4, -0.2) is 126 Å². The summed E-state index contributed by atoms with van der Waals surface area (Å²) >= 11 is 7.09. The highest BCUT2D eigenvalue weighted by Gasteiger charge is 2.36. The number of carbonyl (C=O) groups is 8. The third-order valence-corrected chi connectivity index (χ3v) is 19.6. The molecule has 0 spiro atoms. The molecule has 6 amide bonds. The van der Waals surface area contributed by atoms with E-state index in [0.29, 0.717) is 77.4 Å². The number of aliphatic carboxylic acids is 2. The lowest BCUT2D eigenvalue weighted by atomic mass is 10.0. The van der Waals surface area contributed by atoms with Gasteiger partial charge in [-0.2, -0.15) is 0 Å². The third-order valence-electron chi connectivity index (χ3n) is 13.9. The Kier molecular flexibility index (Phi) is 19.3. The largest absolute Gasteiger partial charge is 0.481 e. The van der Waals surface area contributed by atoms with Crippen LogP contribution in [0.25, 0.3) is 43.4 Å². The maximum atomic E-state index is 14.3. The summed E-state index contributed by atoms with van der Waals surface area (Å²) in [7, 11) is 2.93. The number of nitrogens with zero attached hydrogens (tertiary/aromatic N) is 8. The Balaban J connectivity index is 1.03. The molecule has 1 fully saturated rings. The monoisotopic (exact) mass is 1290 g/mol. The van der Waals surface area contributed by atoms with E-state index in [4.69, 9.17) is 34.4 Å². The van der Waals surface area contributed by atoms with Gasteiger partial charge in [0.15, 0.2) is 0 Å². The zero-order chi connectivity index (χ0) is 61.6. The molecule has 1 unspecified atom stereocenters. The van der Waals surface area contributed by atoms with E-state index in [9.17, 15) is 48.6 Å². The molecule has 5 atom stereocenters. The van der Waals surface area contributed by atoms with Crippen LogP contribution in [0.1, 0.15) is 119 Å². The fourth-order valence-corrected chi connectivity index (χ4v) is 15.0. The van der Waals surface area contributed by atoms with E-state index in [2.05, 4.69) is 36.6 Å². The molecule has 0 radical (unpaired) electrons. The molecule has 25 nitrogen and oxygen atoms in total. The number of benzene rings is 1. The van der Waals surface area contributed by atoms with Gasteiger partial charge in [-0.15, -0.1) is 68.0 Å². The number of hydrogen-bond acceptors (Lipinski definition) is 23. The number of aryl methyl sites for hydroxylation is 1. The Morgan fingerprint density at radius 3 is 2.17 bits per heavy atom. The molecular weight excluding hydrogens is 1240 g/mol. The van der Waals surface area contributed by atoms with Crippen molar-refractivity contribution in [2.45, 2.75) is 83.7 Å². The third kappa shape index (κ3) is 14.4. The van der Waals surface area contributed by atoms with Gasteiger partial charge in [0.2, 0.25) is 11.8 Å². The van der Waals surface area contributed by atoms with Crippen LogP contribution in [-0.2, 0) is 41.7 Å². The average molecular weight is 1290 g/mol. The SMILES string of the molecule is CNC(=O)C[C@@H]1NC(=O)c2csc(n2)-c2ccc(-c3nc(N(CC(=O)O)C(=O)O[C@H]4CC[C@H](C(=O)O)C4)cs3)nc2-c2csc(n2)-c2csc(n2)[C@H](Cc2ccccc2)NC(=O)CNC(=O)c2nc(sc2COC)C(C(C)C)NC(=O)c2nc1sc2C. The number of pyridine rings is 1. The minimum Gasteiger partial charge on any atom is -0.481 e. The maximum Gasteiger partial charge on any atom is 0.416 e. The number of amides is 6. The molecule has 7 aromatic heterocycles. The van der Waals surface area contributed by atoms with E-state index in [1.54, 1.807) is 29.8 Å². The first kappa shape index (κ1) is 61.7. The first-order chi connectivity index (χ1) is 41.8. The number of rotatable bonds is 13. The number of hydrogen-bond donors (Lipinski definition) is 7. The highest BCUT2D eigenvalue weighted by molar-refractivity contribution is 7.15. The second-order valence-electron chi connectivity index (χ2n) is 20.4. The van der Waals surface area contributed by atoms with Crippen molar-refractivity contribution in [2.75, 3.05) is 32.1 Å². The van der Waals surface area contributed by atoms with Crippen LogP contribution >= 0.6 is 68.0 Å². The number of methoxy groups -OCH3 is 1. The average Bonchev–Trinajstić information content (AvgIpc) is 3.78. The lowest BCUT2D eigenvalue weighted by molar-refractivity contribution is -0.141. The predicted molar refractivity (Wildman–Crippen MR) is 326 cm³/mol. The van der Waals surface area contributed by atoms with Crippen LogP contribution in [0.3, 0.4) is 0 Å². The number of anilines is 1. The van der Waals surface area contributed by atoms with Gasteiger partial charge in [0, 0.05) is 46.1 Å². The lowest BCUT2D eigenvalue weighted by Gasteiger charge is -2.20. The first-order valence-electron chi connectivity index (χ1n) is 27.0. The van der Waals surface area contributed by atoms with Crippen molar-refractivity contribution in [2.24, 2.45) is 11.8 Å². The maximum absolute atomic E-state index is 14.3. The topological polar surface area (TPSA) is 349 Å². The molecule has 10 rings (SSSR count). The van der Waals surface area contributed by atoms with E-state index < -0.39 is 90.8 Å². The zero-order valence-electron chi connectivity index (χ0n) is 47.0. The van der Waals surface area contributed by atoms with Gasteiger partial charge in [-0.3, -0.25) is 33.6 Å². The molecule has 31 heteroatoms. The Morgan fingerprint density at radius 1 is 0.713 bits per heavy atom. The van der Waals surface area contributed by atoms with Crippen molar-refractivity contribution < 1.29 is 58.0 Å². The van der Waals surface area contributed by atoms with Gasteiger partial charge < -0.3 is 46.3 Å². The van der Waals surface area contributed by atoms with E-state index in [0.717, 1.165) is 44.5 Å². The van der Waals surface area contributed by atoms with E-state index in [1.165, 1.54) is 53.5 Å². The van der Waals surface area contributed by atoms with Gasteiger partial charge in [0.05, 0.1) is 54.2 Å². The van der Waals surface area contributed by atoms with Crippen molar-refractivity contribution in [1.29, 1.82) is 0 Å². The van der Waals surface area contributed by atoms with Gasteiger partial charge in [-0.1, -0.05) is 44.2 Å². The van der Waals surface area contributed by atoms with Crippen molar-refractivity contribution >= 4 is 121 Å². The fourth-order valence-electron chi connectivity index (χ4n) is 9.52. The summed E-state index contributed by atoms with van der Waals surface area (Å²) in [5, 5.41) is 42.6. The van der Waals surface area contributed by atoms with Crippen LogP contribution < -0.4 is 31.5 Å². The van der Waals surface area contributed by atoms with Gasteiger partial charge in [0.1, 0.15) is 82.7 Å². The summed E-state index contributed by atoms with van der Waals surface area (Å²) in [6, 6.07) is 10.5. The molecule has 2 aliphatic rings. The quantitative estimate of drug-likeness (QED) is 0.0573. The summed E-state index contributed by atoms with van der Waals surface area (Å²) in [6.07, 6.45) is -0.945. The molecule has 452 valence electrons. The second-order valence-corrected chi connectivity index (χ2v) is 26.2. The van der Waals surface area contributed by atoms with Crippen molar-refractivity contribution in [1.82, 2.24) is 61.5 Å². The number of nitrogens with one attached hydrogen (secondary N) is 5. The van der Waals surface area contributed by atoms with Gasteiger partial charge in [-0.25, -0.2) is 44.6 Å². The number of carboxylic acids is 2. The molecule has 7 N–H and O–H groups in total. The van der Waals surface area contributed by atoms with Crippen molar-refractivity contribution in [3.05, 3.63) is 111 Å². The summed E-state index contributed by atoms with van der Waals surface area (Å²) in [6.45, 7) is 4.26. The molecule has 10 bridgehead atoms. The molecule has 0 saturated heterocycles. The molecule has 8 heterocycles. The molecule has 87 heavy (non-hydrogen) atoms. The summed E-state index contributed by atoms with van der Waals surface area (Å²) in [4.78, 5) is 143. The Hall–Kier alpha value is -8.33. The summed E-state index contributed by atoms with van der Waals surface area (Å²) in [5.41, 5.74) is 2.86. The number of ether oxygens (including phenoxy) is 2. The summed E-state index contributed by atoms with van der Waals surface area (Å²) < 4.78 is 11.1. The van der Waals surface area contributed by atoms with Gasteiger partial charge in [0.25, 0.3) is 17.7 Å². The number of aromatic nitrogens is 7. The number of fused-ring (bicyclic) bond motifs is 14. The standard InChI is InChI=1S/C56H55N13O12S6/c1-25(2)42-54-68-45(37(87-54)20-80-5)47(75)58-18-40(71)59-32(15-27-9-7-6-8-10-27)51-64-36(23-84-51)52-62-34(21-83-52)44-30(49-63-35(22-82-49)46(74)61-33(17-39(70)57-4)53-67-43(26(3)86-53)48(76)66-42)13-14-31(60-44)50-65-38(24-85-50)69(19-41(72)73)56(79)81-29-12-11-28(16-29)55(77)78/h6-10,13-14,21-25,28-29,32-33,42H,11-12,15-20H2,1-5H3,(H,57,70)(H,58,75)(H,59,71)(H,61,74)(H,66,76)(H,72,73)(H,77,78)/t28-,29-,32-,33-,42?/m0/s1. The lowest BCUT2D eigenvalue weighted by Crippen LogP contribution is -2.39. The Bertz CT molecular complexity index is 3910. The van der Waals surface area contributed by atoms with E-state index in [-0.39, 0.29) is 58.3 Å². The minimum absolute atomic E-state index is 0.0107. The number of thiazole rings is 6. The normalized spacial score (nSPS) is 18.3. The Labute approximate surface area is 520 Å². The van der Waals surface area contributed by atoms with Crippen LogP contribution in [0.2, 0.25) is 0 Å². The van der Waals surface area contributed by atoms with Crippen molar-refractivity contribution in [3.63, 3.8) is 0 Å². The van der Waals surface area contributed by atoms with Crippen LogP contribution in [0.4, 0.5) is 10.6 Å². The van der Waals surface area contributed by atoms with Gasteiger partial charge >= 0.3 is 18.0 Å². The van der Waals surface area contributed by atoms with Crippen LogP contribution in [0.5, 0.6) is 0 Å². The molecule has 8 aromatic rings. The highest BCUT2D eigenvalue weighted by atomic mass is 32.1. The molecule has 1 aliphatic carbocycles. The van der Waals surface area contributed by atoms with E-state index >= 15 is 0 Å². The smallest absolute Gasteiger partial charge is 0.416 e. The van der Waals surface area contributed by atoms with E-state index in [1.807, 2.05) is 49.6 Å². The Morgan fingerprint density at radius 2 is 1.44 bits per heavy atom. The van der Waals surface area contributed by atoms with Crippen LogP contribution in [0, 0.1) is 18.8 Å². The second kappa shape index (κ2) is 27.2. The predicted octanol–water partition coefficient (Wildman–Crippen LogP) is 8.10. The molecule has 1 saturated carbocycles. The van der Waals surface area contributed by atoms with Crippen molar-refractivity contribution in [3.8, 4) is 43.4 Å². The number of carboxylic acid groups (broad SMARTS) is 2. The first-order valence-corrected chi connectivity index (χ1v) is 32.1. The van der Waals surface area contributed by atoms with Gasteiger partial charge in [-0.05, 0) is 56.2 Å². The summed E-state index contributed by atoms with van der Waals surface area (Å²) in [5.74, 6) is -6.10. The van der Waals surface area contributed by atoms with Crippen LogP contribution in [0.15, 0.2) is 64.0 Å². The molecule has 1 aliphatic heterocycles. The minimum atomic E-state index is -1.34. The highest BCUT2D eigenvalue weighted by Crippen LogP contribution is 2.40.